The summed E-state index contributed by atoms with van der Waals surface area (Å²) in [6.07, 6.45) is -4.49. The van der Waals surface area contributed by atoms with Crippen molar-refractivity contribution in [3.05, 3.63) is 75.4 Å². The third-order valence-corrected chi connectivity index (χ3v) is 3.69. The fraction of sp³-hybridized carbons (Fsp3) is 0.0588. The van der Waals surface area contributed by atoms with Crippen LogP contribution in [0.4, 0.5) is 30.4 Å². The average molecular weight is 395 g/mol. The number of nitrogens with zero attached hydrogens (tertiary/aromatic N) is 3. The maximum absolute atomic E-state index is 12.9. The second kappa shape index (κ2) is 7.20. The molecule has 0 amide bonds. The van der Waals surface area contributed by atoms with Crippen molar-refractivity contribution >= 4 is 28.8 Å². The van der Waals surface area contributed by atoms with Gasteiger partial charge in [-0.05, 0) is 24.3 Å². The Kier molecular flexibility index (Phi) is 4.95. The third-order valence-electron chi connectivity index (χ3n) is 3.49. The Labute approximate surface area is 155 Å². The van der Waals surface area contributed by atoms with Crippen LogP contribution in [-0.2, 0) is 6.18 Å². The molecule has 138 valence electrons. The van der Waals surface area contributed by atoms with Crippen molar-refractivity contribution in [1.82, 2.24) is 9.97 Å². The highest BCUT2D eigenvalue weighted by atomic mass is 35.5. The summed E-state index contributed by atoms with van der Waals surface area (Å²) in [7, 11) is 0. The van der Waals surface area contributed by atoms with Gasteiger partial charge in [0.2, 0.25) is 0 Å². The minimum atomic E-state index is -4.49. The summed E-state index contributed by atoms with van der Waals surface area (Å²) in [6.45, 7) is 0. The van der Waals surface area contributed by atoms with Gasteiger partial charge in [0, 0.05) is 29.4 Å². The highest BCUT2D eigenvalue weighted by molar-refractivity contribution is 6.29. The van der Waals surface area contributed by atoms with Crippen LogP contribution in [0.3, 0.4) is 0 Å². The number of nitrogens with one attached hydrogen (secondary N) is 1. The van der Waals surface area contributed by atoms with Crippen molar-refractivity contribution in [1.29, 1.82) is 0 Å². The standard InChI is InChI=1S/C17H10ClF3N4O2/c18-14-9-15(22-12-4-6-13(7-5-12)25(26)27)24-16(23-14)10-2-1-3-11(8-10)17(19,20)21/h1-9H,(H,22,23,24). The van der Waals surface area contributed by atoms with E-state index in [4.69, 9.17) is 11.6 Å². The molecule has 6 nitrogen and oxygen atoms in total. The fourth-order valence-corrected chi connectivity index (χ4v) is 2.44. The van der Waals surface area contributed by atoms with Gasteiger partial charge in [0.25, 0.3) is 5.69 Å². The van der Waals surface area contributed by atoms with Crippen molar-refractivity contribution in [3.8, 4) is 11.4 Å². The lowest BCUT2D eigenvalue weighted by molar-refractivity contribution is -0.384. The van der Waals surface area contributed by atoms with Crippen molar-refractivity contribution < 1.29 is 18.1 Å². The van der Waals surface area contributed by atoms with Crippen LogP contribution in [0.25, 0.3) is 11.4 Å². The van der Waals surface area contributed by atoms with Gasteiger partial charge in [0.15, 0.2) is 5.82 Å². The summed E-state index contributed by atoms with van der Waals surface area (Å²) in [6, 6.07) is 11.5. The lowest BCUT2D eigenvalue weighted by atomic mass is 10.1. The molecule has 0 aliphatic carbocycles. The molecule has 0 bridgehead atoms. The van der Waals surface area contributed by atoms with Crippen molar-refractivity contribution in [2.24, 2.45) is 0 Å². The highest BCUT2D eigenvalue weighted by Crippen LogP contribution is 2.32. The summed E-state index contributed by atoms with van der Waals surface area (Å²) in [5.74, 6) is 0.245. The van der Waals surface area contributed by atoms with Crippen LogP contribution in [-0.4, -0.2) is 14.9 Å². The molecule has 3 aromatic rings. The molecule has 27 heavy (non-hydrogen) atoms. The maximum atomic E-state index is 12.9. The maximum Gasteiger partial charge on any atom is 0.416 e. The van der Waals surface area contributed by atoms with Gasteiger partial charge < -0.3 is 5.32 Å². The molecule has 3 rings (SSSR count). The monoisotopic (exact) mass is 394 g/mol. The third kappa shape index (κ3) is 4.50. The lowest BCUT2D eigenvalue weighted by Crippen LogP contribution is -2.05. The zero-order valence-electron chi connectivity index (χ0n) is 13.4. The van der Waals surface area contributed by atoms with Crippen LogP contribution < -0.4 is 5.32 Å². The van der Waals surface area contributed by atoms with Crippen molar-refractivity contribution in [2.75, 3.05) is 5.32 Å². The first-order chi connectivity index (χ1) is 12.7. The van der Waals surface area contributed by atoms with Crippen LogP contribution in [0.2, 0.25) is 5.15 Å². The quantitative estimate of drug-likeness (QED) is 0.360. The number of nitro groups is 1. The van der Waals surface area contributed by atoms with E-state index in [1.807, 2.05) is 0 Å². The molecule has 0 unspecified atom stereocenters. The molecule has 0 atom stereocenters. The van der Waals surface area contributed by atoms with E-state index < -0.39 is 16.7 Å². The van der Waals surface area contributed by atoms with E-state index in [9.17, 15) is 23.3 Å². The number of anilines is 2. The van der Waals surface area contributed by atoms with Gasteiger partial charge in [0.1, 0.15) is 11.0 Å². The Morgan fingerprint density at radius 3 is 2.37 bits per heavy atom. The smallest absolute Gasteiger partial charge is 0.340 e. The molecule has 1 heterocycles. The van der Waals surface area contributed by atoms with Crippen molar-refractivity contribution in [3.63, 3.8) is 0 Å². The average Bonchev–Trinajstić information content (AvgIpc) is 2.61. The molecule has 0 aliphatic rings. The Balaban J connectivity index is 1.92. The summed E-state index contributed by atoms with van der Waals surface area (Å²) in [4.78, 5) is 18.3. The normalized spacial score (nSPS) is 11.3. The van der Waals surface area contributed by atoms with Crippen LogP contribution in [0, 0.1) is 10.1 Å². The van der Waals surface area contributed by atoms with E-state index in [1.54, 1.807) is 0 Å². The molecule has 10 heteroatoms. The van der Waals surface area contributed by atoms with Gasteiger partial charge in [0.05, 0.1) is 10.5 Å². The SMILES string of the molecule is O=[N+]([O-])c1ccc(Nc2cc(Cl)nc(-c3cccc(C(F)(F)F)c3)n2)cc1. The number of nitro benzene ring substituents is 1. The molecule has 0 saturated carbocycles. The largest absolute Gasteiger partial charge is 0.416 e. The van der Waals surface area contributed by atoms with Gasteiger partial charge in [-0.2, -0.15) is 13.2 Å². The van der Waals surface area contributed by atoms with Gasteiger partial charge in [-0.15, -0.1) is 0 Å². The van der Waals surface area contributed by atoms with E-state index in [2.05, 4.69) is 15.3 Å². The van der Waals surface area contributed by atoms with E-state index in [0.717, 1.165) is 12.1 Å². The lowest BCUT2D eigenvalue weighted by Gasteiger charge is -2.10. The number of halogens is 4. The summed E-state index contributed by atoms with van der Waals surface area (Å²) in [5.41, 5.74) is -0.260. The molecule has 0 spiro atoms. The molecule has 0 fully saturated rings. The second-order valence-electron chi connectivity index (χ2n) is 5.41. The predicted octanol–water partition coefficient (Wildman–Crippen LogP) is 5.47. The van der Waals surface area contributed by atoms with Crippen LogP contribution in [0.1, 0.15) is 5.56 Å². The summed E-state index contributed by atoms with van der Waals surface area (Å²) in [5, 5.41) is 13.6. The number of hydrogen-bond donors (Lipinski definition) is 1. The Morgan fingerprint density at radius 2 is 1.74 bits per heavy atom. The molecule has 0 saturated heterocycles. The van der Waals surface area contributed by atoms with Crippen LogP contribution in [0.5, 0.6) is 0 Å². The minimum absolute atomic E-state index is 0.0120. The predicted molar refractivity (Wildman–Crippen MR) is 93.9 cm³/mol. The molecule has 1 N–H and O–H groups in total. The Morgan fingerprint density at radius 1 is 1.04 bits per heavy atom. The molecule has 0 radical (unpaired) electrons. The number of aromatic nitrogens is 2. The van der Waals surface area contributed by atoms with Gasteiger partial charge in [-0.25, -0.2) is 9.97 Å². The Hall–Kier alpha value is -3.20. The summed E-state index contributed by atoms with van der Waals surface area (Å²) < 4.78 is 38.7. The first-order valence-electron chi connectivity index (χ1n) is 7.46. The number of alkyl halides is 3. The van der Waals surface area contributed by atoms with Crippen molar-refractivity contribution in [2.45, 2.75) is 6.18 Å². The zero-order chi connectivity index (χ0) is 19.6. The topological polar surface area (TPSA) is 81.0 Å². The van der Waals surface area contributed by atoms with Crippen LogP contribution >= 0.6 is 11.6 Å². The summed E-state index contributed by atoms with van der Waals surface area (Å²) >= 11 is 5.96. The van der Waals surface area contributed by atoms with E-state index in [0.29, 0.717) is 5.69 Å². The number of rotatable bonds is 4. The molecule has 0 aliphatic heterocycles. The van der Waals surface area contributed by atoms with E-state index in [-0.39, 0.29) is 28.0 Å². The number of hydrogen-bond acceptors (Lipinski definition) is 5. The number of non-ortho nitro benzene ring substituents is 1. The molecule has 2 aromatic carbocycles. The zero-order valence-corrected chi connectivity index (χ0v) is 14.1. The fourth-order valence-electron chi connectivity index (χ4n) is 2.26. The first-order valence-corrected chi connectivity index (χ1v) is 7.84. The van der Waals surface area contributed by atoms with Crippen LogP contribution in [0.15, 0.2) is 54.6 Å². The van der Waals surface area contributed by atoms with E-state index >= 15 is 0 Å². The highest BCUT2D eigenvalue weighted by Gasteiger charge is 2.30. The van der Waals surface area contributed by atoms with Gasteiger partial charge in [-0.3, -0.25) is 10.1 Å². The first kappa shape index (κ1) is 18.6. The van der Waals surface area contributed by atoms with E-state index in [1.165, 1.54) is 42.5 Å². The minimum Gasteiger partial charge on any atom is -0.340 e. The number of benzene rings is 2. The second-order valence-corrected chi connectivity index (χ2v) is 5.79. The molecule has 1 aromatic heterocycles. The van der Waals surface area contributed by atoms with Gasteiger partial charge in [-0.1, -0.05) is 23.7 Å². The van der Waals surface area contributed by atoms with Gasteiger partial charge >= 0.3 is 6.18 Å². The Bertz CT molecular complexity index is 994. The molecular formula is C17H10ClF3N4O2. The molecular weight excluding hydrogens is 385 g/mol.